The molecule has 5 heteroatoms. The molecule has 0 bridgehead atoms. The van der Waals surface area contributed by atoms with Crippen LogP contribution in [0.3, 0.4) is 0 Å². The highest BCUT2D eigenvalue weighted by Gasteiger charge is 2.19. The van der Waals surface area contributed by atoms with Gasteiger partial charge in [-0.05, 0) is 30.4 Å². The molecule has 88 valence electrons. The number of nitrogens with zero attached hydrogens (tertiary/aromatic N) is 1. The lowest BCUT2D eigenvalue weighted by Gasteiger charge is -2.15. The third-order valence-corrected chi connectivity index (χ3v) is 4.05. The second-order valence-corrected chi connectivity index (χ2v) is 5.64. The first-order valence-electron chi connectivity index (χ1n) is 4.91. The van der Waals surface area contributed by atoms with Gasteiger partial charge in [-0.2, -0.15) is 0 Å². The highest BCUT2D eigenvalue weighted by Crippen LogP contribution is 2.20. The van der Waals surface area contributed by atoms with Gasteiger partial charge in [-0.25, -0.2) is 12.7 Å². The van der Waals surface area contributed by atoms with Crippen molar-refractivity contribution in [3.8, 4) is 0 Å². The Morgan fingerprint density at radius 2 is 1.65 bits per heavy atom. The van der Waals surface area contributed by atoms with Gasteiger partial charge in [0.25, 0.3) is 10.0 Å². The maximum absolute atomic E-state index is 12.2. The lowest BCUT2D eigenvalue weighted by molar-refractivity contribution is 0.553. The molecule has 2 rings (SSSR count). The number of halogens is 1. The summed E-state index contributed by atoms with van der Waals surface area (Å²) >= 11 is 5.79. The Kier molecular flexibility index (Phi) is 3.36. The number of sulfonamides is 1. The van der Waals surface area contributed by atoms with Crippen LogP contribution in [0.4, 0.5) is 0 Å². The third-order valence-electron chi connectivity index (χ3n) is 2.17. The molecule has 0 amide bonds. The normalized spacial score (nSPS) is 15.0. The van der Waals surface area contributed by atoms with E-state index in [0.29, 0.717) is 5.02 Å². The van der Waals surface area contributed by atoms with Gasteiger partial charge in [0, 0.05) is 17.4 Å². The van der Waals surface area contributed by atoms with Crippen LogP contribution in [0.1, 0.15) is 0 Å². The van der Waals surface area contributed by atoms with Crippen LogP contribution in [0.25, 0.3) is 0 Å². The Bertz CT molecular complexity index is 587. The van der Waals surface area contributed by atoms with Gasteiger partial charge >= 0.3 is 0 Å². The SMILES string of the molecule is O=S(=O)(c1cccc(Cl)c1)N1C=CC=CC=C1. The summed E-state index contributed by atoms with van der Waals surface area (Å²) < 4.78 is 25.6. The summed E-state index contributed by atoms with van der Waals surface area (Å²) in [7, 11) is -3.57. The summed E-state index contributed by atoms with van der Waals surface area (Å²) in [5.41, 5.74) is 0. The van der Waals surface area contributed by atoms with Crippen LogP contribution in [-0.4, -0.2) is 12.7 Å². The van der Waals surface area contributed by atoms with Gasteiger partial charge in [-0.15, -0.1) is 0 Å². The molecular formula is C12H10ClNO2S. The molecule has 0 fully saturated rings. The molecule has 17 heavy (non-hydrogen) atoms. The van der Waals surface area contributed by atoms with Crippen molar-refractivity contribution in [2.75, 3.05) is 0 Å². The van der Waals surface area contributed by atoms with Crippen LogP contribution in [0, 0.1) is 0 Å². The van der Waals surface area contributed by atoms with E-state index in [9.17, 15) is 8.42 Å². The molecule has 0 atom stereocenters. The van der Waals surface area contributed by atoms with Crippen molar-refractivity contribution in [1.82, 2.24) is 4.31 Å². The summed E-state index contributed by atoms with van der Waals surface area (Å²) in [6.45, 7) is 0. The summed E-state index contributed by atoms with van der Waals surface area (Å²) in [5, 5.41) is 0.395. The van der Waals surface area contributed by atoms with Crippen molar-refractivity contribution in [3.63, 3.8) is 0 Å². The van der Waals surface area contributed by atoms with Crippen LogP contribution in [0.5, 0.6) is 0 Å². The van der Waals surface area contributed by atoms with E-state index in [1.54, 1.807) is 36.4 Å². The van der Waals surface area contributed by atoms with E-state index in [4.69, 9.17) is 11.6 Å². The zero-order valence-corrected chi connectivity index (χ0v) is 10.4. The predicted molar refractivity (Wildman–Crippen MR) is 67.9 cm³/mol. The van der Waals surface area contributed by atoms with Crippen LogP contribution in [0.15, 0.2) is 65.9 Å². The number of benzene rings is 1. The molecule has 1 heterocycles. The topological polar surface area (TPSA) is 37.4 Å². The van der Waals surface area contributed by atoms with Gasteiger partial charge < -0.3 is 0 Å². The molecule has 1 aliphatic rings. The summed E-state index contributed by atoms with van der Waals surface area (Å²) in [5.74, 6) is 0. The van der Waals surface area contributed by atoms with Crippen LogP contribution in [-0.2, 0) is 10.0 Å². The van der Waals surface area contributed by atoms with E-state index in [2.05, 4.69) is 0 Å². The smallest absolute Gasteiger partial charge is 0.249 e. The minimum absolute atomic E-state index is 0.168. The van der Waals surface area contributed by atoms with Gasteiger partial charge in [0.1, 0.15) is 0 Å². The van der Waals surface area contributed by atoms with E-state index >= 15 is 0 Å². The number of allylic oxidation sites excluding steroid dienone is 4. The molecule has 0 unspecified atom stereocenters. The predicted octanol–water partition coefficient (Wildman–Crippen LogP) is 2.93. The van der Waals surface area contributed by atoms with Gasteiger partial charge in [-0.3, -0.25) is 0 Å². The maximum Gasteiger partial charge on any atom is 0.267 e. The molecule has 0 aromatic heterocycles. The van der Waals surface area contributed by atoms with Crippen molar-refractivity contribution >= 4 is 21.6 Å². The zero-order chi connectivity index (χ0) is 12.3. The minimum atomic E-state index is -3.57. The first-order valence-corrected chi connectivity index (χ1v) is 6.73. The molecule has 3 nitrogen and oxygen atoms in total. The molecule has 0 aliphatic carbocycles. The fourth-order valence-corrected chi connectivity index (χ4v) is 2.84. The Hall–Kier alpha value is -1.52. The quantitative estimate of drug-likeness (QED) is 0.826. The molecule has 0 saturated heterocycles. The average molecular weight is 268 g/mol. The Labute approximate surface area is 105 Å². The van der Waals surface area contributed by atoms with Crippen LogP contribution in [0.2, 0.25) is 5.02 Å². The Morgan fingerprint density at radius 3 is 2.24 bits per heavy atom. The Balaban J connectivity index is 2.43. The summed E-state index contributed by atoms with van der Waals surface area (Å²) in [6.07, 6.45) is 9.78. The lowest BCUT2D eigenvalue weighted by Crippen LogP contribution is -2.20. The van der Waals surface area contributed by atoms with Gasteiger partial charge in [0.15, 0.2) is 0 Å². The first-order chi connectivity index (χ1) is 8.10. The third kappa shape index (κ3) is 2.60. The Morgan fingerprint density at radius 1 is 1.00 bits per heavy atom. The first kappa shape index (κ1) is 12.0. The van der Waals surface area contributed by atoms with E-state index in [-0.39, 0.29) is 4.90 Å². The molecule has 0 spiro atoms. The van der Waals surface area contributed by atoms with Gasteiger partial charge in [-0.1, -0.05) is 29.8 Å². The van der Waals surface area contributed by atoms with Gasteiger partial charge in [0.05, 0.1) is 4.90 Å². The molecule has 0 saturated carbocycles. The van der Waals surface area contributed by atoms with E-state index < -0.39 is 10.0 Å². The van der Waals surface area contributed by atoms with Crippen molar-refractivity contribution in [3.05, 3.63) is 66.0 Å². The van der Waals surface area contributed by atoms with Crippen molar-refractivity contribution in [1.29, 1.82) is 0 Å². The van der Waals surface area contributed by atoms with E-state index in [1.807, 2.05) is 0 Å². The number of hydrogen-bond donors (Lipinski definition) is 0. The fourth-order valence-electron chi connectivity index (χ4n) is 1.36. The second kappa shape index (κ2) is 4.77. The number of hydrogen-bond acceptors (Lipinski definition) is 2. The summed E-state index contributed by atoms with van der Waals surface area (Å²) in [4.78, 5) is 0.168. The number of rotatable bonds is 2. The highest BCUT2D eigenvalue weighted by molar-refractivity contribution is 7.89. The minimum Gasteiger partial charge on any atom is -0.249 e. The van der Waals surface area contributed by atoms with Crippen LogP contribution >= 0.6 is 11.6 Å². The zero-order valence-electron chi connectivity index (χ0n) is 8.82. The largest absolute Gasteiger partial charge is 0.267 e. The molecule has 0 N–H and O–H groups in total. The standard InChI is InChI=1S/C12H10ClNO2S/c13-11-6-5-7-12(10-11)17(15,16)14-8-3-1-2-4-9-14/h1-10H. The fraction of sp³-hybridized carbons (Fsp3) is 0. The lowest BCUT2D eigenvalue weighted by atomic mass is 10.4. The van der Waals surface area contributed by atoms with Crippen molar-refractivity contribution in [2.24, 2.45) is 0 Å². The van der Waals surface area contributed by atoms with Crippen molar-refractivity contribution < 1.29 is 8.42 Å². The monoisotopic (exact) mass is 267 g/mol. The van der Waals surface area contributed by atoms with Gasteiger partial charge in [0.2, 0.25) is 0 Å². The molecular weight excluding hydrogens is 258 g/mol. The molecule has 1 aromatic carbocycles. The summed E-state index contributed by atoms with van der Waals surface area (Å²) in [6, 6.07) is 6.19. The maximum atomic E-state index is 12.2. The molecule has 0 radical (unpaired) electrons. The molecule has 1 aromatic rings. The highest BCUT2D eigenvalue weighted by atomic mass is 35.5. The van der Waals surface area contributed by atoms with E-state index in [0.717, 1.165) is 4.31 Å². The van der Waals surface area contributed by atoms with Crippen molar-refractivity contribution in [2.45, 2.75) is 4.90 Å². The van der Waals surface area contributed by atoms with Crippen LogP contribution < -0.4 is 0 Å². The second-order valence-electron chi connectivity index (χ2n) is 3.36. The average Bonchev–Trinajstić information content (AvgIpc) is 2.58. The molecule has 1 aliphatic heterocycles. The van der Waals surface area contributed by atoms with E-state index in [1.165, 1.54) is 24.5 Å².